The van der Waals surface area contributed by atoms with Crippen molar-refractivity contribution in [3.63, 3.8) is 0 Å². The summed E-state index contributed by atoms with van der Waals surface area (Å²) >= 11 is 0. The van der Waals surface area contributed by atoms with Crippen LogP contribution in [0, 0.1) is 13.8 Å². The van der Waals surface area contributed by atoms with Crippen LogP contribution in [-0.4, -0.2) is 33.7 Å². The first-order valence-electron chi connectivity index (χ1n) is 8.02. The van der Waals surface area contributed by atoms with Crippen LogP contribution in [-0.2, 0) is 6.42 Å². The third kappa shape index (κ3) is 2.88. The van der Waals surface area contributed by atoms with Crippen LogP contribution in [0.2, 0.25) is 0 Å². The Kier molecular flexibility index (Phi) is 4.10. The lowest BCUT2D eigenvalue weighted by atomic mass is 10.1. The lowest BCUT2D eigenvalue weighted by molar-refractivity contribution is 0.573. The molecule has 2 aromatic rings. The van der Waals surface area contributed by atoms with Crippen molar-refractivity contribution in [2.24, 2.45) is 0 Å². The Balaban J connectivity index is 1.80. The molecule has 1 aliphatic heterocycles. The monoisotopic (exact) mass is 287 g/mol. The molecule has 0 amide bonds. The summed E-state index contributed by atoms with van der Waals surface area (Å²) in [4.78, 5) is 4.71. The molecule has 2 aromatic heterocycles. The summed E-state index contributed by atoms with van der Waals surface area (Å²) in [7, 11) is 0. The Morgan fingerprint density at radius 3 is 3.00 bits per heavy atom. The highest BCUT2D eigenvalue weighted by Crippen LogP contribution is 2.19. The van der Waals surface area contributed by atoms with E-state index in [1.54, 1.807) is 0 Å². The molecule has 0 aliphatic carbocycles. The second-order valence-corrected chi connectivity index (χ2v) is 5.94. The minimum Gasteiger partial charge on any atom is -0.370 e. The molecule has 114 valence electrons. The van der Waals surface area contributed by atoms with Crippen LogP contribution in [0.15, 0.2) is 6.07 Å². The van der Waals surface area contributed by atoms with E-state index in [0.29, 0.717) is 6.04 Å². The fourth-order valence-electron chi connectivity index (χ4n) is 2.96. The SMILES string of the molecule is CCc1cc(NCC[C@@H]2CCCN2)n2nc(C)c(C)c2n1. The second kappa shape index (κ2) is 6.02. The van der Waals surface area contributed by atoms with Crippen molar-refractivity contribution in [2.75, 3.05) is 18.4 Å². The molecule has 1 aliphatic rings. The number of nitrogens with one attached hydrogen (secondary N) is 2. The van der Waals surface area contributed by atoms with E-state index >= 15 is 0 Å². The minimum atomic E-state index is 0.668. The Morgan fingerprint density at radius 2 is 2.29 bits per heavy atom. The van der Waals surface area contributed by atoms with Gasteiger partial charge in [0.2, 0.25) is 0 Å². The van der Waals surface area contributed by atoms with Gasteiger partial charge < -0.3 is 10.6 Å². The molecule has 2 N–H and O–H groups in total. The van der Waals surface area contributed by atoms with Gasteiger partial charge in [-0.25, -0.2) is 4.98 Å². The largest absolute Gasteiger partial charge is 0.370 e. The van der Waals surface area contributed by atoms with Crippen LogP contribution in [0.1, 0.15) is 43.1 Å². The molecule has 3 heterocycles. The van der Waals surface area contributed by atoms with E-state index in [4.69, 9.17) is 4.98 Å². The average molecular weight is 287 g/mol. The molecule has 21 heavy (non-hydrogen) atoms. The zero-order chi connectivity index (χ0) is 14.8. The Bertz CT molecular complexity index is 625. The van der Waals surface area contributed by atoms with Crippen molar-refractivity contribution < 1.29 is 0 Å². The van der Waals surface area contributed by atoms with Crippen LogP contribution in [0.5, 0.6) is 0 Å². The van der Waals surface area contributed by atoms with E-state index < -0.39 is 0 Å². The van der Waals surface area contributed by atoms with E-state index in [-0.39, 0.29) is 0 Å². The standard InChI is InChI=1S/C16H25N5/c1-4-13-10-15(18-9-7-14-6-5-8-17-14)21-16(19-13)11(2)12(3)20-21/h10,14,17-18H,4-9H2,1-3H3/t14-/m0/s1. The van der Waals surface area contributed by atoms with Crippen LogP contribution in [0.3, 0.4) is 0 Å². The quantitative estimate of drug-likeness (QED) is 0.887. The number of anilines is 1. The predicted octanol–water partition coefficient (Wildman–Crippen LogP) is 2.46. The first kappa shape index (κ1) is 14.3. The molecular weight excluding hydrogens is 262 g/mol. The maximum atomic E-state index is 4.71. The number of hydrogen-bond donors (Lipinski definition) is 2. The van der Waals surface area contributed by atoms with Crippen molar-refractivity contribution in [3.05, 3.63) is 23.0 Å². The third-order valence-corrected chi connectivity index (χ3v) is 4.43. The molecule has 5 heteroatoms. The van der Waals surface area contributed by atoms with Gasteiger partial charge in [-0.1, -0.05) is 6.92 Å². The first-order chi connectivity index (χ1) is 10.2. The molecule has 1 saturated heterocycles. The van der Waals surface area contributed by atoms with Gasteiger partial charge in [-0.3, -0.25) is 0 Å². The van der Waals surface area contributed by atoms with E-state index in [0.717, 1.165) is 42.2 Å². The van der Waals surface area contributed by atoms with E-state index in [9.17, 15) is 0 Å². The molecule has 0 unspecified atom stereocenters. The van der Waals surface area contributed by atoms with Crippen molar-refractivity contribution in [1.82, 2.24) is 19.9 Å². The van der Waals surface area contributed by atoms with Crippen LogP contribution < -0.4 is 10.6 Å². The van der Waals surface area contributed by atoms with E-state index in [1.807, 2.05) is 11.4 Å². The molecule has 1 fully saturated rings. The summed E-state index contributed by atoms with van der Waals surface area (Å²) in [6.45, 7) is 8.42. The van der Waals surface area contributed by atoms with Gasteiger partial charge in [0.15, 0.2) is 5.65 Å². The molecule has 0 aromatic carbocycles. The second-order valence-electron chi connectivity index (χ2n) is 5.94. The maximum Gasteiger partial charge on any atom is 0.160 e. The predicted molar refractivity (Wildman–Crippen MR) is 86.0 cm³/mol. The number of aryl methyl sites for hydroxylation is 3. The van der Waals surface area contributed by atoms with Gasteiger partial charge in [-0.15, -0.1) is 0 Å². The maximum absolute atomic E-state index is 4.71. The topological polar surface area (TPSA) is 54.2 Å². The van der Waals surface area contributed by atoms with Crippen molar-refractivity contribution >= 4 is 11.5 Å². The molecule has 0 bridgehead atoms. The lowest BCUT2D eigenvalue weighted by Crippen LogP contribution is -2.24. The Hall–Kier alpha value is -1.62. The fourth-order valence-corrected chi connectivity index (χ4v) is 2.96. The molecule has 0 radical (unpaired) electrons. The van der Waals surface area contributed by atoms with Crippen LogP contribution in [0.4, 0.5) is 5.82 Å². The number of rotatable bonds is 5. The van der Waals surface area contributed by atoms with Gasteiger partial charge in [-0.2, -0.15) is 9.61 Å². The highest BCUT2D eigenvalue weighted by atomic mass is 15.3. The van der Waals surface area contributed by atoms with Gasteiger partial charge in [0, 0.05) is 29.9 Å². The fraction of sp³-hybridized carbons (Fsp3) is 0.625. The van der Waals surface area contributed by atoms with Crippen LogP contribution >= 0.6 is 0 Å². The summed E-state index contributed by atoms with van der Waals surface area (Å²) in [5.41, 5.74) is 4.32. The number of aromatic nitrogens is 3. The highest BCUT2D eigenvalue weighted by molar-refractivity contribution is 5.56. The Morgan fingerprint density at radius 1 is 1.43 bits per heavy atom. The number of fused-ring (bicyclic) bond motifs is 1. The van der Waals surface area contributed by atoms with Gasteiger partial charge in [0.05, 0.1) is 5.69 Å². The summed E-state index contributed by atoms with van der Waals surface area (Å²) in [5.74, 6) is 1.06. The zero-order valence-electron chi connectivity index (χ0n) is 13.2. The zero-order valence-corrected chi connectivity index (χ0v) is 13.2. The van der Waals surface area contributed by atoms with E-state index in [1.165, 1.54) is 24.9 Å². The molecule has 0 spiro atoms. The van der Waals surface area contributed by atoms with Gasteiger partial charge in [-0.05, 0) is 46.1 Å². The minimum absolute atomic E-state index is 0.668. The lowest BCUT2D eigenvalue weighted by Gasteiger charge is -2.13. The number of nitrogens with zero attached hydrogens (tertiary/aromatic N) is 3. The van der Waals surface area contributed by atoms with Gasteiger partial charge in [0.25, 0.3) is 0 Å². The summed E-state index contributed by atoms with van der Waals surface area (Å²) < 4.78 is 1.95. The highest BCUT2D eigenvalue weighted by Gasteiger charge is 2.14. The summed E-state index contributed by atoms with van der Waals surface area (Å²) in [6, 6.07) is 2.79. The van der Waals surface area contributed by atoms with Crippen LogP contribution in [0.25, 0.3) is 5.65 Å². The van der Waals surface area contributed by atoms with E-state index in [2.05, 4.69) is 35.6 Å². The smallest absolute Gasteiger partial charge is 0.160 e. The summed E-state index contributed by atoms with van der Waals surface area (Å²) in [5, 5.41) is 11.7. The molecule has 3 rings (SSSR count). The Labute approximate surface area is 126 Å². The summed E-state index contributed by atoms with van der Waals surface area (Å²) in [6.07, 6.45) is 4.71. The van der Waals surface area contributed by atoms with Gasteiger partial charge >= 0.3 is 0 Å². The number of hydrogen-bond acceptors (Lipinski definition) is 4. The van der Waals surface area contributed by atoms with Crippen molar-refractivity contribution in [3.8, 4) is 0 Å². The molecular formula is C16H25N5. The first-order valence-corrected chi connectivity index (χ1v) is 8.02. The molecule has 5 nitrogen and oxygen atoms in total. The molecule has 0 saturated carbocycles. The normalized spacial score (nSPS) is 18.5. The molecule has 1 atom stereocenters. The average Bonchev–Trinajstić information content (AvgIpc) is 3.09. The van der Waals surface area contributed by atoms with Gasteiger partial charge in [0.1, 0.15) is 5.82 Å². The van der Waals surface area contributed by atoms with Crippen molar-refractivity contribution in [1.29, 1.82) is 0 Å². The van der Waals surface area contributed by atoms with Crippen molar-refractivity contribution in [2.45, 2.75) is 52.5 Å². The third-order valence-electron chi connectivity index (χ3n) is 4.43.